The number of hydrogen-bond donors (Lipinski definition) is 2. The first-order chi connectivity index (χ1) is 10.1. The van der Waals surface area contributed by atoms with E-state index in [9.17, 15) is 9.59 Å². The molecule has 21 heavy (non-hydrogen) atoms. The van der Waals surface area contributed by atoms with Gasteiger partial charge in [0.2, 0.25) is 0 Å². The highest BCUT2D eigenvalue weighted by Gasteiger charge is 2.10. The Bertz CT molecular complexity index is 637. The number of nitrogens with one attached hydrogen (secondary N) is 1. The molecule has 0 aliphatic carbocycles. The number of H-pyrrole nitrogens is 1. The van der Waals surface area contributed by atoms with Gasteiger partial charge in [0, 0.05) is 5.75 Å². The molecular formula is C14H14N2O4S. The van der Waals surface area contributed by atoms with E-state index in [0.29, 0.717) is 23.2 Å². The van der Waals surface area contributed by atoms with Crippen LogP contribution >= 0.6 is 11.8 Å². The zero-order valence-electron chi connectivity index (χ0n) is 11.3. The Labute approximate surface area is 125 Å². The topological polar surface area (TPSA) is 92.3 Å². The summed E-state index contributed by atoms with van der Waals surface area (Å²) in [6, 6.07) is 6.63. The molecule has 6 nitrogen and oxygen atoms in total. The van der Waals surface area contributed by atoms with E-state index in [1.807, 2.05) is 0 Å². The van der Waals surface area contributed by atoms with E-state index in [2.05, 4.69) is 9.97 Å². The maximum absolute atomic E-state index is 11.5. The standard InChI is InChI=1S/C14H14N2O4S/c1-2-20-13(19)11-7-15-14(16-11)21-8-9-3-5-10(6-4-9)12(17)18/h3-7H,2,8H2,1H3,(H,15,16)(H,17,18). The van der Waals surface area contributed by atoms with Gasteiger partial charge >= 0.3 is 11.9 Å². The molecule has 0 unspecified atom stereocenters. The third kappa shape index (κ3) is 4.09. The number of carbonyl (C=O) groups is 2. The number of aromatic carboxylic acids is 1. The van der Waals surface area contributed by atoms with Crippen LogP contribution in [0.4, 0.5) is 0 Å². The second kappa shape index (κ2) is 6.94. The fourth-order valence-corrected chi connectivity index (χ4v) is 2.39. The molecule has 2 aromatic rings. The van der Waals surface area contributed by atoms with E-state index in [1.54, 1.807) is 31.2 Å². The van der Waals surface area contributed by atoms with E-state index in [-0.39, 0.29) is 5.56 Å². The molecule has 0 saturated heterocycles. The van der Waals surface area contributed by atoms with Crippen molar-refractivity contribution in [1.82, 2.24) is 9.97 Å². The molecule has 0 aliphatic rings. The van der Waals surface area contributed by atoms with Crippen LogP contribution < -0.4 is 0 Å². The van der Waals surface area contributed by atoms with Crippen LogP contribution in [-0.2, 0) is 10.5 Å². The largest absolute Gasteiger partial charge is 0.478 e. The average molecular weight is 306 g/mol. The predicted octanol–water partition coefficient (Wildman–Crippen LogP) is 2.58. The molecule has 0 fully saturated rings. The van der Waals surface area contributed by atoms with Crippen molar-refractivity contribution in [2.45, 2.75) is 17.8 Å². The molecule has 110 valence electrons. The first kappa shape index (κ1) is 15.1. The first-order valence-electron chi connectivity index (χ1n) is 6.27. The Morgan fingerprint density at radius 2 is 2.05 bits per heavy atom. The summed E-state index contributed by atoms with van der Waals surface area (Å²) in [7, 11) is 0. The predicted molar refractivity (Wildman–Crippen MR) is 77.5 cm³/mol. The second-order valence-corrected chi connectivity index (χ2v) is 5.08. The van der Waals surface area contributed by atoms with Gasteiger partial charge in [0.05, 0.1) is 18.4 Å². The van der Waals surface area contributed by atoms with Crippen molar-refractivity contribution in [2.24, 2.45) is 0 Å². The molecule has 0 radical (unpaired) electrons. The molecule has 0 bridgehead atoms. The van der Waals surface area contributed by atoms with Gasteiger partial charge in [-0.15, -0.1) is 0 Å². The number of nitrogens with zero attached hydrogens (tertiary/aromatic N) is 1. The highest BCUT2D eigenvalue weighted by Crippen LogP contribution is 2.20. The molecule has 0 aliphatic heterocycles. The van der Waals surface area contributed by atoms with Crippen LogP contribution in [0, 0.1) is 0 Å². The summed E-state index contributed by atoms with van der Waals surface area (Å²) < 4.78 is 4.86. The van der Waals surface area contributed by atoms with Crippen molar-refractivity contribution in [3.05, 3.63) is 47.3 Å². The second-order valence-electron chi connectivity index (χ2n) is 4.11. The maximum atomic E-state index is 11.5. The van der Waals surface area contributed by atoms with Gasteiger partial charge in [0.25, 0.3) is 0 Å². The van der Waals surface area contributed by atoms with Crippen molar-refractivity contribution in [1.29, 1.82) is 0 Å². The minimum Gasteiger partial charge on any atom is -0.478 e. The van der Waals surface area contributed by atoms with Crippen molar-refractivity contribution < 1.29 is 19.4 Å². The SMILES string of the molecule is CCOC(=O)c1cnc(SCc2ccc(C(=O)O)cc2)[nH]1. The minimum absolute atomic E-state index is 0.256. The average Bonchev–Trinajstić information content (AvgIpc) is 2.95. The first-order valence-corrected chi connectivity index (χ1v) is 7.26. The normalized spacial score (nSPS) is 10.3. The van der Waals surface area contributed by atoms with Crippen LogP contribution in [0.5, 0.6) is 0 Å². The molecule has 1 heterocycles. The van der Waals surface area contributed by atoms with Crippen molar-refractivity contribution in [3.8, 4) is 0 Å². The Balaban J connectivity index is 1.94. The van der Waals surface area contributed by atoms with Gasteiger partial charge in [0.15, 0.2) is 5.16 Å². The van der Waals surface area contributed by atoms with E-state index < -0.39 is 11.9 Å². The molecule has 2 N–H and O–H groups in total. The number of benzene rings is 1. The van der Waals surface area contributed by atoms with Crippen LogP contribution in [0.15, 0.2) is 35.6 Å². The van der Waals surface area contributed by atoms with Crippen molar-refractivity contribution >= 4 is 23.7 Å². The Kier molecular flexibility index (Phi) is 4.99. The highest BCUT2D eigenvalue weighted by molar-refractivity contribution is 7.98. The third-order valence-electron chi connectivity index (χ3n) is 2.62. The molecule has 0 amide bonds. The summed E-state index contributed by atoms with van der Waals surface area (Å²) in [5.74, 6) is -0.752. The van der Waals surface area contributed by atoms with Gasteiger partial charge in [-0.1, -0.05) is 23.9 Å². The molecule has 7 heteroatoms. The number of hydrogen-bond acceptors (Lipinski definition) is 5. The number of esters is 1. The summed E-state index contributed by atoms with van der Waals surface area (Å²) in [6.45, 7) is 2.06. The fourth-order valence-electron chi connectivity index (χ4n) is 1.58. The zero-order chi connectivity index (χ0) is 15.2. The van der Waals surface area contributed by atoms with Crippen LogP contribution in [-0.4, -0.2) is 33.6 Å². The van der Waals surface area contributed by atoms with Gasteiger partial charge in [0.1, 0.15) is 5.69 Å². The Hall–Kier alpha value is -2.28. The van der Waals surface area contributed by atoms with Gasteiger partial charge in [-0.25, -0.2) is 14.6 Å². The monoisotopic (exact) mass is 306 g/mol. The molecule has 1 aromatic carbocycles. The summed E-state index contributed by atoms with van der Waals surface area (Å²) in [6.07, 6.45) is 1.44. The number of aromatic nitrogens is 2. The molecule has 0 spiro atoms. The van der Waals surface area contributed by atoms with Crippen LogP contribution in [0.25, 0.3) is 0 Å². The number of imidazole rings is 1. The number of carboxylic acids is 1. The summed E-state index contributed by atoms with van der Waals surface area (Å²) in [5.41, 5.74) is 1.55. The smallest absolute Gasteiger partial charge is 0.356 e. The number of carbonyl (C=O) groups excluding carboxylic acids is 1. The van der Waals surface area contributed by atoms with Crippen molar-refractivity contribution in [3.63, 3.8) is 0 Å². The minimum atomic E-state index is -0.945. The molecule has 1 aromatic heterocycles. The number of aromatic amines is 1. The Morgan fingerprint density at radius 1 is 1.33 bits per heavy atom. The lowest BCUT2D eigenvalue weighted by molar-refractivity contribution is 0.0519. The van der Waals surface area contributed by atoms with Gasteiger partial charge in [-0.3, -0.25) is 0 Å². The van der Waals surface area contributed by atoms with Crippen LogP contribution in [0.3, 0.4) is 0 Å². The van der Waals surface area contributed by atoms with Crippen LogP contribution in [0.2, 0.25) is 0 Å². The fraction of sp³-hybridized carbons (Fsp3) is 0.214. The highest BCUT2D eigenvalue weighted by atomic mass is 32.2. The maximum Gasteiger partial charge on any atom is 0.356 e. The van der Waals surface area contributed by atoms with E-state index in [4.69, 9.17) is 9.84 Å². The zero-order valence-corrected chi connectivity index (χ0v) is 12.1. The Morgan fingerprint density at radius 3 is 2.67 bits per heavy atom. The van der Waals surface area contributed by atoms with E-state index >= 15 is 0 Å². The molecule has 0 atom stereocenters. The number of thioether (sulfide) groups is 1. The third-order valence-corrected chi connectivity index (χ3v) is 3.58. The van der Waals surface area contributed by atoms with E-state index in [1.165, 1.54) is 18.0 Å². The number of carboxylic acid groups (broad SMARTS) is 1. The van der Waals surface area contributed by atoms with Crippen molar-refractivity contribution in [2.75, 3.05) is 6.61 Å². The summed E-state index contributed by atoms with van der Waals surface area (Å²) in [4.78, 5) is 29.2. The van der Waals surface area contributed by atoms with E-state index in [0.717, 1.165) is 5.56 Å². The lowest BCUT2D eigenvalue weighted by atomic mass is 10.1. The molecular weight excluding hydrogens is 292 g/mol. The number of rotatable bonds is 6. The summed E-state index contributed by atoms with van der Waals surface area (Å²) >= 11 is 1.42. The van der Waals surface area contributed by atoms with Gasteiger partial charge in [-0.05, 0) is 24.6 Å². The quantitative estimate of drug-likeness (QED) is 0.629. The number of ether oxygens (including phenoxy) is 1. The molecule has 0 saturated carbocycles. The lowest BCUT2D eigenvalue weighted by Gasteiger charge is -2.00. The van der Waals surface area contributed by atoms with Crippen LogP contribution in [0.1, 0.15) is 33.3 Å². The molecule has 2 rings (SSSR count). The van der Waals surface area contributed by atoms with Gasteiger partial charge < -0.3 is 14.8 Å². The summed E-state index contributed by atoms with van der Waals surface area (Å²) in [5, 5.41) is 9.43. The van der Waals surface area contributed by atoms with Gasteiger partial charge in [-0.2, -0.15) is 0 Å². The lowest BCUT2D eigenvalue weighted by Crippen LogP contribution is -2.04.